The molecule has 1 N–H and O–H groups in total. The number of halogens is 2. The van der Waals surface area contributed by atoms with Crippen LogP contribution in [0.3, 0.4) is 0 Å². The Hall–Kier alpha value is -1.19. The van der Waals surface area contributed by atoms with Crippen LogP contribution in [0.25, 0.3) is 0 Å². The molecule has 0 saturated heterocycles. The third-order valence-corrected chi connectivity index (χ3v) is 1.10. The molecule has 0 radical (unpaired) electrons. The maximum atomic E-state index is 12.9. The van der Waals surface area contributed by atoms with Gasteiger partial charge in [0.05, 0.1) is 5.70 Å². The molecule has 0 bridgehead atoms. The lowest BCUT2D eigenvalue weighted by atomic mass is 10.2. The van der Waals surface area contributed by atoms with E-state index in [0.29, 0.717) is 0 Å². The molecular formula is C8H11F2NO. The molecule has 0 heterocycles. The van der Waals surface area contributed by atoms with E-state index in [4.69, 9.17) is 0 Å². The van der Waals surface area contributed by atoms with Crippen molar-refractivity contribution < 1.29 is 13.6 Å². The maximum absolute atomic E-state index is 12.9. The van der Waals surface area contributed by atoms with Gasteiger partial charge in [-0.05, 0) is 12.5 Å². The van der Waals surface area contributed by atoms with E-state index in [2.05, 4.69) is 6.58 Å². The summed E-state index contributed by atoms with van der Waals surface area (Å²) < 4.78 is 25.0. The standard InChI is InChI=1S/C8H11F2NO/c1-5(2)8(10)7(4-9)11-6(3)12/h1,4H2,2-3H3,(H,11,12)/b8-7-. The lowest BCUT2D eigenvalue weighted by molar-refractivity contribution is -0.118. The van der Waals surface area contributed by atoms with Crippen molar-refractivity contribution in [3.05, 3.63) is 23.7 Å². The lowest BCUT2D eigenvalue weighted by Crippen LogP contribution is -2.21. The van der Waals surface area contributed by atoms with E-state index in [0.717, 1.165) is 0 Å². The Morgan fingerprint density at radius 2 is 2.00 bits per heavy atom. The highest BCUT2D eigenvalue weighted by atomic mass is 19.1. The van der Waals surface area contributed by atoms with Crippen molar-refractivity contribution in [1.29, 1.82) is 0 Å². The van der Waals surface area contributed by atoms with Crippen LogP contribution in [0.4, 0.5) is 8.78 Å². The van der Waals surface area contributed by atoms with Crippen molar-refractivity contribution >= 4 is 5.91 Å². The first-order valence-electron chi connectivity index (χ1n) is 3.37. The van der Waals surface area contributed by atoms with E-state index >= 15 is 0 Å². The Labute approximate surface area is 70.0 Å². The Bertz CT molecular complexity index is 233. The zero-order valence-electron chi connectivity index (χ0n) is 7.08. The minimum atomic E-state index is -1.04. The number of hydrogen-bond acceptors (Lipinski definition) is 1. The Balaban J connectivity index is 4.61. The molecule has 12 heavy (non-hydrogen) atoms. The number of amides is 1. The average Bonchev–Trinajstić information content (AvgIpc) is 1.98. The molecule has 68 valence electrons. The smallest absolute Gasteiger partial charge is 0.221 e. The molecule has 0 aromatic rings. The highest BCUT2D eigenvalue weighted by Gasteiger charge is 2.07. The van der Waals surface area contributed by atoms with Crippen molar-refractivity contribution in [1.82, 2.24) is 5.32 Å². The van der Waals surface area contributed by atoms with Crippen LogP contribution in [0.1, 0.15) is 13.8 Å². The fourth-order valence-electron chi connectivity index (χ4n) is 0.617. The second kappa shape index (κ2) is 4.64. The van der Waals surface area contributed by atoms with Crippen LogP contribution in [-0.2, 0) is 4.79 Å². The molecule has 2 nitrogen and oxygen atoms in total. The van der Waals surface area contributed by atoms with Gasteiger partial charge >= 0.3 is 0 Å². The molecule has 0 saturated carbocycles. The summed E-state index contributed by atoms with van der Waals surface area (Å²) in [5.74, 6) is -1.30. The van der Waals surface area contributed by atoms with Crippen molar-refractivity contribution in [3.8, 4) is 0 Å². The first-order valence-corrected chi connectivity index (χ1v) is 3.37. The van der Waals surface area contributed by atoms with Crippen LogP contribution < -0.4 is 5.32 Å². The van der Waals surface area contributed by atoms with Crippen LogP contribution in [0, 0.1) is 0 Å². The summed E-state index contributed by atoms with van der Waals surface area (Å²) in [5, 5.41) is 2.04. The molecular weight excluding hydrogens is 164 g/mol. The third kappa shape index (κ3) is 3.27. The van der Waals surface area contributed by atoms with Gasteiger partial charge in [0.1, 0.15) is 12.5 Å². The topological polar surface area (TPSA) is 29.1 Å². The quantitative estimate of drug-likeness (QED) is 0.651. The van der Waals surface area contributed by atoms with Crippen LogP contribution in [0.15, 0.2) is 23.7 Å². The van der Waals surface area contributed by atoms with E-state index in [9.17, 15) is 13.6 Å². The summed E-state index contributed by atoms with van der Waals surface area (Å²) in [6.45, 7) is 4.81. The predicted molar refractivity (Wildman–Crippen MR) is 42.7 cm³/mol. The fourth-order valence-corrected chi connectivity index (χ4v) is 0.617. The van der Waals surface area contributed by atoms with Crippen molar-refractivity contribution in [2.45, 2.75) is 13.8 Å². The first-order chi connectivity index (χ1) is 5.49. The molecule has 0 aliphatic heterocycles. The zero-order chi connectivity index (χ0) is 9.72. The number of carbonyl (C=O) groups excluding carboxylic acids is 1. The molecule has 0 aromatic heterocycles. The number of carbonyl (C=O) groups is 1. The second-order valence-corrected chi connectivity index (χ2v) is 2.39. The van der Waals surface area contributed by atoms with Crippen molar-refractivity contribution in [3.63, 3.8) is 0 Å². The molecule has 0 aromatic carbocycles. The van der Waals surface area contributed by atoms with Gasteiger partial charge in [0.2, 0.25) is 5.91 Å². The van der Waals surface area contributed by atoms with Gasteiger partial charge in [-0.2, -0.15) is 0 Å². The van der Waals surface area contributed by atoms with E-state index < -0.39 is 18.4 Å². The normalized spacial score (nSPS) is 12.0. The van der Waals surface area contributed by atoms with Crippen molar-refractivity contribution in [2.24, 2.45) is 0 Å². The van der Waals surface area contributed by atoms with Crippen LogP contribution >= 0.6 is 0 Å². The molecule has 0 spiro atoms. The van der Waals surface area contributed by atoms with Gasteiger partial charge in [-0.15, -0.1) is 0 Å². The molecule has 4 heteroatoms. The predicted octanol–water partition coefficient (Wildman–Crippen LogP) is 1.85. The van der Waals surface area contributed by atoms with Gasteiger partial charge in [0.25, 0.3) is 0 Å². The molecule has 0 atom stereocenters. The van der Waals surface area contributed by atoms with Gasteiger partial charge in [-0.25, -0.2) is 8.78 Å². The average molecular weight is 175 g/mol. The van der Waals surface area contributed by atoms with Crippen molar-refractivity contribution in [2.75, 3.05) is 6.67 Å². The maximum Gasteiger partial charge on any atom is 0.221 e. The number of alkyl halides is 1. The van der Waals surface area contributed by atoms with Gasteiger partial charge in [0, 0.05) is 6.92 Å². The summed E-state index contributed by atoms with van der Waals surface area (Å²) in [7, 11) is 0. The summed E-state index contributed by atoms with van der Waals surface area (Å²) in [4.78, 5) is 10.4. The Morgan fingerprint density at radius 1 is 1.50 bits per heavy atom. The van der Waals surface area contributed by atoms with E-state index in [-0.39, 0.29) is 11.3 Å². The largest absolute Gasteiger partial charge is 0.325 e. The summed E-state index contributed by atoms with van der Waals surface area (Å²) in [6, 6.07) is 0. The number of hydrogen-bond donors (Lipinski definition) is 1. The van der Waals surface area contributed by atoms with Crippen LogP contribution in [0.2, 0.25) is 0 Å². The van der Waals surface area contributed by atoms with Gasteiger partial charge in [-0.3, -0.25) is 4.79 Å². The summed E-state index contributed by atoms with van der Waals surface area (Å²) in [6.07, 6.45) is 0. The lowest BCUT2D eigenvalue weighted by Gasteiger charge is -2.05. The highest BCUT2D eigenvalue weighted by Crippen LogP contribution is 2.12. The van der Waals surface area contributed by atoms with Crippen LogP contribution in [0.5, 0.6) is 0 Å². The number of rotatable bonds is 3. The monoisotopic (exact) mass is 175 g/mol. The fraction of sp³-hybridized carbons (Fsp3) is 0.375. The minimum Gasteiger partial charge on any atom is -0.325 e. The second-order valence-electron chi connectivity index (χ2n) is 2.39. The van der Waals surface area contributed by atoms with Gasteiger partial charge in [-0.1, -0.05) is 6.58 Å². The number of nitrogens with one attached hydrogen (secondary N) is 1. The molecule has 1 amide bonds. The molecule has 0 fully saturated rings. The number of allylic oxidation sites excluding steroid dienone is 3. The minimum absolute atomic E-state index is 0.0939. The van der Waals surface area contributed by atoms with Crippen LogP contribution in [-0.4, -0.2) is 12.6 Å². The SMILES string of the molecule is C=C(C)/C(F)=C(\CF)NC(C)=O. The summed E-state index contributed by atoms with van der Waals surface area (Å²) in [5.41, 5.74) is -0.272. The zero-order valence-corrected chi connectivity index (χ0v) is 7.08. The Kier molecular flexibility index (Phi) is 4.18. The van der Waals surface area contributed by atoms with E-state index in [1.54, 1.807) is 0 Å². The van der Waals surface area contributed by atoms with E-state index in [1.807, 2.05) is 5.32 Å². The molecule has 0 aliphatic rings. The Morgan fingerprint density at radius 3 is 2.25 bits per heavy atom. The van der Waals surface area contributed by atoms with Gasteiger partial charge < -0.3 is 5.32 Å². The molecule has 0 rings (SSSR count). The first kappa shape index (κ1) is 10.8. The van der Waals surface area contributed by atoms with Gasteiger partial charge in [0.15, 0.2) is 0 Å². The van der Waals surface area contributed by atoms with E-state index in [1.165, 1.54) is 13.8 Å². The molecule has 0 aliphatic carbocycles. The molecule has 0 unspecified atom stereocenters. The summed E-state index contributed by atoms with van der Waals surface area (Å²) >= 11 is 0. The third-order valence-electron chi connectivity index (χ3n) is 1.10. The highest BCUT2D eigenvalue weighted by molar-refractivity contribution is 5.75.